The van der Waals surface area contributed by atoms with Crippen molar-refractivity contribution in [3.05, 3.63) is 24.4 Å². The standard InChI is InChI=1S/C20H26N4O3S/c1-19(2-3-19)23-28(25,26)15-8-14-9-18(21)22-11-16(14)17(10-15)24-6-4-20(5-7-24)12-27-13-20/h8-11,23H,2-7,12-13H2,1H3,(H2,21,22). The van der Waals surface area contributed by atoms with E-state index in [-0.39, 0.29) is 5.54 Å². The molecule has 2 saturated heterocycles. The molecular weight excluding hydrogens is 376 g/mol. The number of hydrogen-bond donors (Lipinski definition) is 2. The molecule has 3 fully saturated rings. The molecule has 0 amide bonds. The lowest BCUT2D eigenvalue weighted by atomic mass is 9.76. The monoisotopic (exact) mass is 402 g/mol. The zero-order chi connectivity index (χ0) is 19.6. The number of pyridine rings is 1. The van der Waals surface area contributed by atoms with Crippen LogP contribution in [0.25, 0.3) is 10.8 Å². The van der Waals surface area contributed by atoms with Gasteiger partial charge in [-0.3, -0.25) is 0 Å². The van der Waals surface area contributed by atoms with Crippen LogP contribution in [0.2, 0.25) is 0 Å². The Balaban J connectivity index is 1.55. The summed E-state index contributed by atoms with van der Waals surface area (Å²) >= 11 is 0. The number of fused-ring (bicyclic) bond motifs is 1. The lowest BCUT2D eigenvalue weighted by molar-refractivity contribution is -0.124. The van der Waals surface area contributed by atoms with Crippen LogP contribution in [0.4, 0.5) is 11.5 Å². The lowest BCUT2D eigenvalue weighted by Crippen LogP contribution is -2.51. The van der Waals surface area contributed by atoms with Crippen LogP contribution in [0.1, 0.15) is 32.6 Å². The van der Waals surface area contributed by atoms with Gasteiger partial charge in [0.2, 0.25) is 10.0 Å². The number of nitrogens with two attached hydrogens (primary N) is 1. The summed E-state index contributed by atoms with van der Waals surface area (Å²) in [5.74, 6) is 0.388. The minimum atomic E-state index is -3.60. The van der Waals surface area contributed by atoms with E-state index in [1.807, 2.05) is 6.92 Å². The molecule has 7 nitrogen and oxygen atoms in total. The molecule has 1 aromatic heterocycles. The quantitative estimate of drug-likeness (QED) is 0.814. The molecule has 3 aliphatic rings. The first-order valence-corrected chi connectivity index (χ1v) is 11.3. The first-order chi connectivity index (χ1) is 13.3. The summed E-state index contributed by atoms with van der Waals surface area (Å²) in [4.78, 5) is 6.82. The minimum Gasteiger partial charge on any atom is -0.384 e. The zero-order valence-electron chi connectivity index (χ0n) is 16.1. The number of nitrogens with zero attached hydrogens (tertiary/aromatic N) is 2. The van der Waals surface area contributed by atoms with Crippen molar-refractivity contribution in [2.75, 3.05) is 36.9 Å². The van der Waals surface area contributed by atoms with Gasteiger partial charge >= 0.3 is 0 Å². The molecule has 1 saturated carbocycles. The highest BCUT2D eigenvalue weighted by atomic mass is 32.2. The van der Waals surface area contributed by atoms with Gasteiger partial charge < -0.3 is 15.4 Å². The van der Waals surface area contributed by atoms with Crippen LogP contribution in [0.5, 0.6) is 0 Å². The first kappa shape index (κ1) is 18.1. The molecule has 0 radical (unpaired) electrons. The third-order valence-corrected chi connectivity index (χ3v) is 8.10. The molecule has 3 heterocycles. The van der Waals surface area contributed by atoms with Crippen LogP contribution in [0, 0.1) is 5.41 Å². The molecule has 28 heavy (non-hydrogen) atoms. The second-order valence-electron chi connectivity index (χ2n) is 8.92. The summed E-state index contributed by atoms with van der Waals surface area (Å²) in [6, 6.07) is 5.25. The predicted octanol–water partition coefficient (Wildman–Crippen LogP) is 2.26. The number of nitrogens with one attached hydrogen (secondary N) is 1. The van der Waals surface area contributed by atoms with Crippen LogP contribution < -0.4 is 15.4 Å². The number of ether oxygens (including phenoxy) is 1. The smallest absolute Gasteiger partial charge is 0.241 e. The molecule has 8 heteroatoms. The summed E-state index contributed by atoms with van der Waals surface area (Å²) in [5.41, 5.74) is 6.81. The Morgan fingerprint density at radius 3 is 2.46 bits per heavy atom. The van der Waals surface area contributed by atoms with Crippen molar-refractivity contribution in [1.29, 1.82) is 0 Å². The highest BCUT2D eigenvalue weighted by Gasteiger charge is 2.43. The van der Waals surface area contributed by atoms with Crippen LogP contribution in [-0.4, -0.2) is 45.2 Å². The van der Waals surface area contributed by atoms with Gasteiger partial charge in [0.05, 0.1) is 18.1 Å². The molecule has 5 rings (SSSR count). The van der Waals surface area contributed by atoms with E-state index in [4.69, 9.17) is 10.5 Å². The third-order valence-electron chi connectivity index (χ3n) is 6.48. The Hall–Kier alpha value is -1.90. The SMILES string of the molecule is CC1(NS(=O)(=O)c2cc(N3CCC4(CC3)COC4)c3cnc(N)cc3c2)CC1. The van der Waals surface area contributed by atoms with E-state index in [0.717, 1.165) is 68.4 Å². The lowest BCUT2D eigenvalue weighted by Gasteiger charge is -2.48. The first-order valence-electron chi connectivity index (χ1n) is 9.84. The van der Waals surface area contributed by atoms with Gasteiger partial charge in [-0.25, -0.2) is 18.1 Å². The number of nitrogen functional groups attached to an aromatic ring is 1. The van der Waals surface area contributed by atoms with E-state index in [1.54, 1.807) is 24.4 Å². The number of benzene rings is 1. The molecule has 0 bridgehead atoms. The van der Waals surface area contributed by atoms with Crippen molar-refractivity contribution in [2.24, 2.45) is 5.41 Å². The van der Waals surface area contributed by atoms with Crippen molar-refractivity contribution in [3.8, 4) is 0 Å². The van der Waals surface area contributed by atoms with E-state index < -0.39 is 10.0 Å². The molecule has 3 N–H and O–H groups in total. The Morgan fingerprint density at radius 1 is 1.14 bits per heavy atom. The van der Waals surface area contributed by atoms with Gasteiger partial charge in [0, 0.05) is 41.3 Å². The summed E-state index contributed by atoms with van der Waals surface area (Å²) in [6.07, 6.45) is 5.62. The van der Waals surface area contributed by atoms with Crippen molar-refractivity contribution >= 4 is 32.3 Å². The zero-order valence-corrected chi connectivity index (χ0v) is 16.9. The fourth-order valence-electron chi connectivity index (χ4n) is 4.22. The third kappa shape index (κ3) is 3.13. The van der Waals surface area contributed by atoms with E-state index >= 15 is 0 Å². The van der Waals surface area contributed by atoms with Gasteiger partial charge in [0.1, 0.15) is 5.82 Å². The fourth-order valence-corrected chi connectivity index (χ4v) is 5.74. The van der Waals surface area contributed by atoms with Gasteiger partial charge in [-0.05, 0) is 56.2 Å². The average Bonchev–Trinajstić information content (AvgIpc) is 3.35. The van der Waals surface area contributed by atoms with Crippen LogP contribution >= 0.6 is 0 Å². The number of aromatic nitrogens is 1. The molecule has 1 spiro atoms. The van der Waals surface area contributed by atoms with Crippen LogP contribution in [0.15, 0.2) is 29.3 Å². The van der Waals surface area contributed by atoms with E-state index in [9.17, 15) is 8.42 Å². The molecule has 1 aliphatic carbocycles. The summed E-state index contributed by atoms with van der Waals surface area (Å²) in [5, 5.41) is 1.74. The van der Waals surface area contributed by atoms with Crippen molar-refractivity contribution in [1.82, 2.24) is 9.71 Å². The summed E-state index contributed by atoms with van der Waals surface area (Å²) in [7, 11) is -3.60. The number of hydrogen-bond acceptors (Lipinski definition) is 6. The van der Waals surface area contributed by atoms with E-state index in [1.165, 1.54) is 0 Å². The molecule has 1 aromatic carbocycles. The summed E-state index contributed by atoms with van der Waals surface area (Å²) < 4.78 is 34.3. The van der Waals surface area contributed by atoms with E-state index in [0.29, 0.717) is 16.1 Å². The second kappa shape index (κ2) is 6.05. The molecule has 0 atom stereocenters. The number of piperidine rings is 1. The average molecular weight is 403 g/mol. The van der Waals surface area contributed by atoms with Gasteiger partial charge in [-0.15, -0.1) is 0 Å². The molecule has 150 valence electrons. The Labute approximate surface area is 165 Å². The Bertz CT molecular complexity index is 1030. The Morgan fingerprint density at radius 2 is 1.86 bits per heavy atom. The maximum atomic E-state index is 13.0. The molecule has 2 aliphatic heterocycles. The van der Waals surface area contributed by atoms with Gasteiger partial charge in [-0.1, -0.05) is 0 Å². The highest BCUT2D eigenvalue weighted by molar-refractivity contribution is 7.89. The maximum Gasteiger partial charge on any atom is 0.241 e. The summed E-state index contributed by atoms with van der Waals surface area (Å²) in [6.45, 7) is 5.40. The normalized spacial score (nSPS) is 23.0. The maximum absolute atomic E-state index is 13.0. The topological polar surface area (TPSA) is 97.5 Å². The molecular formula is C20H26N4O3S. The van der Waals surface area contributed by atoms with Crippen molar-refractivity contribution in [3.63, 3.8) is 0 Å². The Kier molecular flexibility index (Phi) is 3.92. The number of sulfonamides is 1. The minimum absolute atomic E-state index is 0.293. The number of rotatable bonds is 4. The van der Waals surface area contributed by atoms with Crippen molar-refractivity contribution in [2.45, 2.75) is 43.0 Å². The fraction of sp³-hybridized carbons (Fsp3) is 0.550. The van der Waals surface area contributed by atoms with Crippen LogP contribution in [0.3, 0.4) is 0 Å². The molecule has 0 unspecified atom stereocenters. The van der Waals surface area contributed by atoms with Crippen LogP contribution in [-0.2, 0) is 14.8 Å². The van der Waals surface area contributed by atoms with Gasteiger partial charge in [0.15, 0.2) is 0 Å². The largest absolute Gasteiger partial charge is 0.384 e. The predicted molar refractivity (Wildman–Crippen MR) is 109 cm³/mol. The van der Waals surface area contributed by atoms with Gasteiger partial charge in [0.25, 0.3) is 0 Å². The number of anilines is 2. The van der Waals surface area contributed by atoms with Crippen molar-refractivity contribution < 1.29 is 13.2 Å². The highest BCUT2D eigenvalue weighted by Crippen LogP contribution is 2.42. The van der Waals surface area contributed by atoms with E-state index in [2.05, 4.69) is 14.6 Å². The van der Waals surface area contributed by atoms with Gasteiger partial charge in [-0.2, -0.15) is 0 Å². The molecule has 2 aromatic rings. The second-order valence-corrected chi connectivity index (χ2v) is 10.6.